The predicted octanol–water partition coefficient (Wildman–Crippen LogP) is 24.2. The molecule has 2 N–H and O–H groups in total. The van der Waals surface area contributed by atoms with Gasteiger partial charge in [-0.2, -0.15) is 0 Å². The number of amides is 1. The Labute approximate surface area is 536 Å². The summed E-state index contributed by atoms with van der Waals surface area (Å²) in [6.45, 7) is 7.07. The highest BCUT2D eigenvalue weighted by Crippen LogP contribution is 2.43. The van der Waals surface area contributed by atoms with E-state index in [9.17, 15) is 19.0 Å². The first kappa shape index (κ1) is 84.2. The predicted molar refractivity (Wildman–Crippen MR) is 374 cm³/mol. The van der Waals surface area contributed by atoms with Crippen LogP contribution in [0, 0.1) is 0 Å². The largest absolute Gasteiger partial charge is 0.472 e. The number of esters is 1. The monoisotopic (exact) mass is 1230 g/mol. The standard InChI is InChI=1S/C76H147N2O7P/c1-7-10-13-16-19-22-25-28-30-32-34-36-38-39-41-43-45-47-49-51-54-57-60-63-66-69-76(80)85-74(67-64-61-58-55-52-27-24-21-18-15-12-9-3)73(72-84-86(81,82)83-71-70-78(4,5)6)77-75(79)68-65-62-59-56-53-50-48-46-44-42-40-37-35-33-31-29-26-23-20-17-14-11-8-2/h28-31,64,67,73-74H,7-27,32-63,65-66,68-72H2,1-6H3,(H-,77,79,81,82)/p+1/b30-28+,31-29+,67-64+. The lowest BCUT2D eigenvalue weighted by Crippen LogP contribution is -2.47. The zero-order valence-electron chi connectivity index (χ0n) is 58.3. The van der Waals surface area contributed by atoms with E-state index < -0.39 is 20.0 Å². The van der Waals surface area contributed by atoms with E-state index >= 15 is 0 Å². The molecular weight excluding hydrogens is 1080 g/mol. The fourth-order valence-corrected chi connectivity index (χ4v) is 12.2. The summed E-state index contributed by atoms with van der Waals surface area (Å²) in [4.78, 5) is 38.0. The van der Waals surface area contributed by atoms with Crippen LogP contribution in [0.2, 0.25) is 0 Å². The Morgan fingerprint density at radius 2 is 0.674 bits per heavy atom. The van der Waals surface area contributed by atoms with Crippen molar-refractivity contribution < 1.29 is 37.3 Å². The molecule has 0 aliphatic rings. The van der Waals surface area contributed by atoms with Crippen LogP contribution >= 0.6 is 7.82 Å². The number of hydrogen-bond donors (Lipinski definition) is 2. The van der Waals surface area contributed by atoms with Crippen molar-refractivity contribution in [1.82, 2.24) is 5.32 Å². The smallest absolute Gasteiger partial charge is 0.456 e. The number of hydrogen-bond acceptors (Lipinski definition) is 6. The lowest BCUT2D eigenvalue weighted by Gasteiger charge is -2.27. The Morgan fingerprint density at radius 1 is 0.395 bits per heavy atom. The summed E-state index contributed by atoms with van der Waals surface area (Å²) in [6, 6.07) is -0.846. The number of nitrogens with zero attached hydrogens (tertiary/aromatic N) is 1. The Hall–Kier alpha value is -1.77. The van der Waals surface area contributed by atoms with E-state index in [1.54, 1.807) is 0 Å². The molecule has 508 valence electrons. The van der Waals surface area contributed by atoms with Crippen LogP contribution in [0.25, 0.3) is 0 Å². The normalized spacial score (nSPS) is 13.6. The second kappa shape index (κ2) is 66.2. The van der Waals surface area contributed by atoms with Crippen LogP contribution in [0.4, 0.5) is 0 Å². The molecule has 0 aromatic rings. The summed E-state index contributed by atoms with van der Waals surface area (Å²) in [5, 5.41) is 3.08. The van der Waals surface area contributed by atoms with Crippen molar-refractivity contribution in [3.63, 3.8) is 0 Å². The quantitative estimate of drug-likeness (QED) is 0.0205. The van der Waals surface area contributed by atoms with Gasteiger partial charge in [0.25, 0.3) is 0 Å². The number of unbranched alkanes of at least 4 members (excludes halogenated alkanes) is 50. The maximum Gasteiger partial charge on any atom is 0.472 e. The Bertz CT molecular complexity index is 1560. The molecule has 0 fully saturated rings. The molecule has 0 spiro atoms. The van der Waals surface area contributed by atoms with E-state index in [0.29, 0.717) is 23.9 Å². The number of carbonyl (C=O) groups excluding carboxylic acids is 2. The van der Waals surface area contributed by atoms with Crippen LogP contribution in [0.15, 0.2) is 36.5 Å². The molecule has 0 aromatic carbocycles. The fourth-order valence-electron chi connectivity index (χ4n) is 11.5. The van der Waals surface area contributed by atoms with Crippen molar-refractivity contribution >= 4 is 19.7 Å². The van der Waals surface area contributed by atoms with Gasteiger partial charge in [0.15, 0.2) is 0 Å². The average Bonchev–Trinajstić information content (AvgIpc) is 3.65. The minimum absolute atomic E-state index is 0.0433. The molecule has 0 heterocycles. The van der Waals surface area contributed by atoms with Crippen LogP contribution in [0.5, 0.6) is 0 Å². The first-order valence-corrected chi connectivity index (χ1v) is 39.3. The lowest BCUT2D eigenvalue weighted by molar-refractivity contribution is -0.870. The van der Waals surface area contributed by atoms with Crippen molar-refractivity contribution in [2.75, 3.05) is 40.9 Å². The summed E-state index contributed by atoms with van der Waals surface area (Å²) in [5.74, 6) is -0.483. The van der Waals surface area contributed by atoms with E-state index in [0.717, 1.165) is 57.8 Å². The Morgan fingerprint density at radius 3 is 0.988 bits per heavy atom. The van der Waals surface area contributed by atoms with Gasteiger partial charge in [0.1, 0.15) is 19.3 Å². The number of ether oxygens (including phenoxy) is 1. The van der Waals surface area contributed by atoms with Crippen molar-refractivity contribution in [2.45, 2.75) is 399 Å². The second-order valence-electron chi connectivity index (χ2n) is 27.2. The molecule has 0 rings (SSSR count). The Kier molecular flexibility index (Phi) is 64.8. The first-order valence-electron chi connectivity index (χ1n) is 37.8. The Balaban J connectivity index is 4.97. The molecule has 3 atom stereocenters. The molecule has 10 heteroatoms. The van der Waals surface area contributed by atoms with Gasteiger partial charge >= 0.3 is 13.8 Å². The SMILES string of the molecule is CCCCCCCC/C=C/CCCCCCCCCCCCCCCCCC(=O)OC(/C=C/CCCCCCCCCCCC)C(COP(=O)(O)OCC[N+](C)(C)C)NC(=O)CCCCCCCCCCCCCCC/C=C/CCCCCCCC. The minimum Gasteiger partial charge on any atom is -0.456 e. The van der Waals surface area contributed by atoms with Crippen LogP contribution in [0.1, 0.15) is 387 Å². The molecule has 9 nitrogen and oxygen atoms in total. The maximum absolute atomic E-state index is 13.6. The van der Waals surface area contributed by atoms with Gasteiger partial charge in [-0.1, -0.05) is 327 Å². The van der Waals surface area contributed by atoms with Crippen molar-refractivity contribution in [3.05, 3.63) is 36.5 Å². The van der Waals surface area contributed by atoms with E-state index in [1.807, 2.05) is 27.2 Å². The van der Waals surface area contributed by atoms with Gasteiger partial charge in [0, 0.05) is 12.8 Å². The number of phosphoric ester groups is 1. The third-order valence-corrected chi connectivity index (χ3v) is 18.3. The number of carbonyl (C=O) groups is 2. The van der Waals surface area contributed by atoms with Gasteiger partial charge in [-0.3, -0.25) is 18.6 Å². The van der Waals surface area contributed by atoms with Gasteiger partial charge in [0.05, 0.1) is 33.8 Å². The number of phosphoric acid groups is 1. The number of nitrogens with one attached hydrogen (secondary N) is 1. The topological polar surface area (TPSA) is 111 Å². The van der Waals surface area contributed by atoms with Gasteiger partial charge < -0.3 is 19.4 Å². The summed E-state index contributed by atoms with van der Waals surface area (Å²) >= 11 is 0. The van der Waals surface area contributed by atoms with E-state index in [1.165, 1.54) is 295 Å². The van der Waals surface area contributed by atoms with Crippen molar-refractivity contribution in [3.8, 4) is 0 Å². The van der Waals surface area contributed by atoms with Crippen LogP contribution < -0.4 is 5.32 Å². The molecule has 0 saturated carbocycles. The lowest BCUT2D eigenvalue weighted by atomic mass is 10.0. The minimum atomic E-state index is -4.45. The number of allylic oxidation sites excluding steroid dienone is 5. The highest BCUT2D eigenvalue weighted by Gasteiger charge is 2.30. The number of quaternary nitrogens is 1. The highest BCUT2D eigenvalue weighted by atomic mass is 31.2. The third kappa shape index (κ3) is 66.6. The summed E-state index contributed by atoms with van der Waals surface area (Å²) in [5.41, 5.74) is 0. The molecule has 1 amide bonds. The van der Waals surface area contributed by atoms with Gasteiger partial charge in [-0.05, 0) is 83.1 Å². The van der Waals surface area contributed by atoms with Crippen LogP contribution in [-0.4, -0.2) is 74.3 Å². The average molecular weight is 1230 g/mol. The fraction of sp³-hybridized carbons (Fsp3) is 0.895. The van der Waals surface area contributed by atoms with E-state index in [2.05, 4.69) is 56.5 Å². The molecule has 0 radical (unpaired) electrons. The zero-order valence-corrected chi connectivity index (χ0v) is 59.2. The van der Waals surface area contributed by atoms with Gasteiger partial charge in [-0.15, -0.1) is 0 Å². The van der Waals surface area contributed by atoms with E-state index in [-0.39, 0.29) is 25.1 Å². The molecule has 0 aromatic heterocycles. The summed E-state index contributed by atoms with van der Waals surface area (Å²) < 4.78 is 30.9. The number of rotatable bonds is 70. The summed E-state index contributed by atoms with van der Waals surface area (Å²) in [7, 11) is 1.52. The highest BCUT2D eigenvalue weighted by molar-refractivity contribution is 7.47. The van der Waals surface area contributed by atoms with Gasteiger partial charge in [0.2, 0.25) is 5.91 Å². The zero-order chi connectivity index (χ0) is 62.8. The van der Waals surface area contributed by atoms with Crippen LogP contribution in [-0.2, 0) is 27.9 Å². The molecule has 3 unspecified atom stereocenters. The molecule has 0 bridgehead atoms. The maximum atomic E-state index is 13.6. The molecule has 0 aliphatic carbocycles. The first-order chi connectivity index (χ1) is 41.9. The van der Waals surface area contributed by atoms with Crippen molar-refractivity contribution in [2.24, 2.45) is 0 Å². The molecule has 0 aliphatic heterocycles. The van der Waals surface area contributed by atoms with Gasteiger partial charge in [-0.25, -0.2) is 4.57 Å². The summed E-state index contributed by atoms with van der Waals surface area (Å²) in [6.07, 6.45) is 83.1. The van der Waals surface area contributed by atoms with Crippen molar-refractivity contribution in [1.29, 1.82) is 0 Å². The second-order valence-corrected chi connectivity index (χ2v) is 28.6. The number of likely N-dealkylation sites (N-methyl/N-ethyl adjacent to an activating group) is 1. The molecular formula is C76H148N2O7P+. The van der Waals surface area contributed by atoms with Crippen LogP contribution in [0.3, 0.4) is 0 Å². The third-order valence-electron chi connectivity index (χ3n) is 17.3. The van der Waals surface area contributed by atoms with E-state index in [4.69, 9.17) is 13.8 Å². The molecule has 0 saturated heterocycles. The molecule has 86 heavy (non-hydrogen) atoms.